The van der Waals surface area contributed by atoms with Crippen LogP contribution in [0.25, 0.3) is 0 Å². The van der Waals surface area contributed by atoms with Crippen molar-refractivity contribution in [2.45, 2.75) is 45.8 Å². The summed E-state index contributed by atoms with van der Waals surface area (Å²) in [5, 5.41) is 6.76. The van der Waals surface area contributed by atoms with E-state index in [2.05, 4.69) is 38.3 Å². The average molecular weight is 186 g/mol. The molecule has 1 fully saturated rings. The van der Waals surface area contributed by atoms with Crippen LogP contribution < -0.4 is 10.6 Å². The predicted molar refractivity (Wildman–Crippen MR) is 56.2 cm³/mol. The third-order valence-corrected chi connectivity index (χ3v) is 2.80. The molecule has 70 valence electrons. The van der Waals surface area contributed by atoms with Gasteiger partial charge in [0.1, 0.15) is 0 Å². The lowest BCUT2D eigenvalue weighted by Gasteiger charge is -2.21. The van der Waals surface area contributed by atoms with Crippen molar-refractivity contribution >= 4 is 17.2 Å². The fourth-order valence-electron chi connectivity index (χ4n) is 1.51. The van der Waals surface area contributed by atoms with E-state index in [1.807, 2.05) is 0 Å². The molecule has 1 aliphatic rings. The summed E-state index contributed by atoms with van der Waals surface area (Å²) in [6.07, 6.45) is 1.16. The van der Waals surface area contributed by atoms with Crippen LogP contribution in [0.4, 0.5) is 0 Å². The van der Waals surface area contributed by atoms with Gasteiger partial charge in [0.2, 0.25) is 0 Å². The minimum absolute atomic E-state index is 0.0226. The highest BCUT2D eigenvalue weighted by Crippen LogP contribution is 2.17. The maximum absolute atomic E-state index is 5.26. The second-order valence-corrected chi connectivity index (χ2v) is 4.56. The third-order valence-electron chi connectivity index (χ3n) is 2.45. The molecule has 12 heavy (non-hydrogen) atoms. The molecule has 0 spiro atoms. The van der Waals surface area contributed by atoms with Crippen molar-refractivity contribution in [1.29, 1.82) is 0 Å². The molecular weight excluding hydrogens is 168 g/mol. The summed E-state index contributed by atoms with van der Waals surface area (Å²) in [6, 6.07) is 0.361. The smallest absolute Gasteiger partial charge is 0.0943 e. The molecule has 0 amide bonds. The molecule has 0 radical (unpaired) electrons. The number of nitrogens with one attached hydrogen (secondary N) is 2. The highest BCUT2D eigenvalue weighted by atomic mass is 32.1. The van der Waals surface area contributed by atoms with E-state index in [4.69, 9.17) is 12.2 Å². The average Bonchev–Trinajstić information content (AvgIpc) is 2.23. The maximum Gasteiger partial charge on any atom is 0.0943 e. The fourth-order valence-corrected chi connectivity index (χ4v) is 2.06. The largest absolute Gasteiger partial charge is 0.361 e. The van der Waals surface area contributed by atoms with Crippen molar-refractivity contribution in [3.8, 4) is 0 Å². The van der Waals surface area contributed by atoms with Crippen LogP contribution >= 0.6 is 12.2 Å². The second-order valence-electron chi connectivity index (χ2n) is 4.12. The second kappa shape index (κ2) is 3.30. The summed E-state index contributed by atoms with van der Waals surface area (Å²) in [4.78, 5) is 0.967. The van der Waals surface area contributed by atoms with Crippen LogP contribution in [0.1, 0.15) is 34.1 Å². The van der Waals surface area contributed by atoms with E-state index in [0.29, 0.717) is 12.0 Å². The molecule has 2 N–H and O–H groups in total. The van der Waals surface area contributed by atoms with E-state index in [9.17, 15) is 0 Å². The van der Waals surface area contributed by atoms with Gasteiger partial charge in [-0.3, -0.25) is 5.32 Å². The van der Waals surface area contributed by atoms with Gasteiger partial charge >= 0.3 is 0 Å². The Balaban J connectivity index is 2.64. The van der Waals surface area contributed by atoms with Gasteiger partial charge in [0.05, 0.1) is 16.7 Å². The Kier molecular flexibility index (Phi) is 2.74. The van der Waals surface area contributed by atoms with Crippen molar-refractivity contribution in [2.75, 3.05) is 0 Å². The predicted octanol–water partition coefficient (Wildman–Crippen LogP) is 1.66. The normalized spacial score (nSPS) is 30.0. The van der Waals surface area contributed by atoms with Crippen molar-refractivity contribution in [3.05, 3.63) is 0 Å². The lowest BCUT2D eigenvalue weighted by molar-refractivity contribution is 0.352. The summed E-state index contributed by atoms with van der Waals surface area (Å²) in [5.41, 5.74) is -0.0226. The fraction of sp³-hybridized carbons (Fsp3) is 0.889. The topological polar surface area (TPSA) is 24.1 Å². The van der Waals surface area contributed by atoms with Crippen molar-refractivity contribution in [2.24, 2.45) is 5.92 Å². The lowest BCUT2D eigenvalue weighted by atomic mass is 10.00. The molecule has 2 atom stereocenters. The van der Waals surface area contributed by atoms with Gasteiger partial charge in [-0.2, -0.15) is 0 Å². The SMILES string of the molecule is CCC(C)C1NC(C)(C)NC1=S. The molecule has 2 nitrogen and oxygen atoms in total. The van der Waals surface area contributed by atoms with E-state index in [1.54, 1.807) is 0 Å². The molecule has 3 heteroatoms. The summed E-state index contributed by atoms with van der Waals surface area (Å²) in [6.45, 7) is 8.65. The van der Waals surface area contributed by atoms with E-state index >= 15 is 0 Å². The molecule has 0 bridgehead atoms. The third kappa shape index (κ3) is 1.96. The van der Waals surface area contributed by atoms with Gasteiger partial charge in [-0.25, -0.2) is 0 Å². The van der Waals surface area contributed by atoms with Crippen LogP contribution in [0, 0.1) is 5.92 Å². The Morgan fingerprint density at radius 1 is 1.58 bits per heavy atom. The monoisotopic (exact) mass is 186 g/mol. The zero-order chi connectivity index (χ0) is 9.35. The van der Waals surface area contributed by atoms with Gasteiger partial charge < -0.3 is 5.32 Å². The molecule has 1 heterocycles. The first kappa shape index (κ1) is 9.93. The zero-order valence-electron chi connectivity index (χ0n) is 8.27. The molecule has 2 unspecified atom stereocenters. The van der Waals surface area contributed by atoms with Crippen LogP contribution in [0.3, 0.4) is 0 Å². The standard InChI is InChI=1S/C9H18N2S/c1-5-6(2)7-8(12)11-9(3,4)10-7/h6-7,10H,5H2,1-4H3,(H,11,12). The molecule has 1 saturated heterocycles. The van der Waals surface area contributed by atoms with Gasteiger partial charge in [0.25, 0.3) is 0 Å². The van der Waals surface area contributed by atoms with Gasteiger partial charge in [-0.1, -0.05) is 32.5 Å². The van der Waals surface area contributed by atoms with Crippen LogP contribution in [0.2, 0.25) is 0 Å². The minimum Gasteiger partial charge on any atom is -0.361 e. The summed E-state index contributed by atoms with van der Waals surface area (Å²) in [5.74, 6) is 0.617. The first-order valence-corrected chi connectivity index (χ1v) is 4.97. The van der Waals surface area contributed by atoms with Crippen LogP contribution in [-0.4, -0.2) is 16.7 Å². The molecule has 0 aromatic carbocycles. The van der Waals surface area contributed by atoms with Crippen molar-refractivity contribution in [1.82, 2.24) is 10.6 Å². The molecule has 0 aromatic rings. The van der Waals surface area contributed by atoms with Crippen LogP contribution in [0.5, 0.6) is 0 Å². The lowest BCUT2D eigenvalue weighted by Crippen LogP contribution is -2.45. The molecule has 0 saturated carbocycles. The summed E-state index contributed by atoms with van der Waals surface area (Å²) in [7, 11) is 0. The van der Waals surface area contributed by atoms with E-state index in [1.165, 1.54) is 0 Å². The molecule has 0 aliphatic carbocycles. The van der Waals surface area contributed by atoms with E-state index in [0.717, 1.165) is 11.4 Å². The number of thiocarbonyl (C=S) groups is 1. The first-order valence-electron chi connectivity index (χ1n) is 4.56. The molecular formula is C9H18N2S. The Bertz CT molecular complexity index is 189. The van der Waals surface area contributed by atoms with Crippen LogP contribution in [0.15, 0.2) is 0 Å². The number of hydrogen-bond donors (Lipinski definition) is 2. The number of rotatable bonds is 2. The number of hydrogen-bond acceptors (Lipinski definition) is 2. The van der Waals surface area contributed by atoms with Crippen molar-refractivity contribution < 1.29 is 0 Å². The summed E-state index contributed by atoms with van der Waals surface area (Å²) < 4.78 is 0. The summed E-state index contributed by atoms with van der Waals surface area (Å²) >= 11 is 5.26. The van der Waals surface area contributed by atoms with Gasteiger partial charge in [-0.15, -0.1) is 0 Å². The molecule has 1 rings (SSSR count). The highest BCUT2D eigenvalue weighted by molar-refractivity contribution is 7.80. The quantitative estimate of drug-likeness (QED) is 0.641. The first-order chi connectivity index (χ1) is 5.46. The Labute approximate surface area is 80.1 Å². The van der Waals surface area contributed by atoms with Crippen molar-refractivity contribution in [3.63, 3.8) is 0 Å². The van der Waals surface area contributed by atoms with Crippen LogP contribution in [-0.2, 0) is 0 Å². The van der Waals surface area contributed by atoms with E-state index in [-0.39, 0.29) is 5.66 Å². The highest BCUT2D eigenvalue weighted by Gasteiger charge is 2.35. The minimum atomic E-state index is -0.0226. The van der Waals surface area contributed by atoms with E-state index < -0.39 is 0 Å². The Hall–Kier alpha value is -0.150. The Morgan fingerprint density at radius 3 is 2.50 bits per heavy atom. The van der Waals surface area contributed by atoms with Gasteiger partial charge in [0, 0.05) is 0 Å². The molecule has 1 aliphatic heterocycles. The van der Waals surface area contributed by atoms with Gasteiger partial charge in [-0.05, 0) is 19.8 Å². The maximum atomic E-state index is 5.26. The van der Waals surface area contributed by atoms with Gasteiger partial charge in [0.15, 0.2) is 0 Å². The molecule has 0 aromatic heterocycles. The Morgan fingerprint density at radius 2 is 2.17 bits per heavy atom. The zero-order valence-corrected chi connectivity index (χ0v) is 9.09.